The second-order valence-corrected chi connectivity index (χ2v) is 5.86. The lowest BCUT2D eigenvalue weighted by Gasteiger charge is -2.12. The van der Waals surface area contributed by atoms with Gasteiger partial charge in [-0.15, -0.1) is 5.10 Å². The van der Waals surface area contributed by atoms with Crippen molar-refractivity contribution < 1.29 is 19.1 Å². The maximum absolute atomic E-state index is 12.0. The van der Waals surface area contributed by atoms with Gasteiger partial charge in [-0.05, 0) is 47.2 Å². The van der Waals surface area contributed by atoms with Gasteiger partial charge in [0.25, 0.3) is 5.91 Å². The van der Waals surface area contributed by atoms with Crippen LogP contribution in [-0.2, 0) is 16.0 Å². The fraction of sp³-hybridized carbons (Fsp3) is 0.211. The van der Waals surface area contributed by atoms with Crippen LogP contribution in [0.4, 0.5) is 0 Å². The van der Waals surface area contributed by atoms with E-state index in [0.29, 0.717) is 18.1 Å². The summed E-state index contributed by atoms with van der Waals surface area (Å²) in [6.45, 7) is 2.09. The molecule has 0 spiro atoms. The molecule has 10 heteroatoms. The molecule has 10 nitrogen and oxygen atoms in total. The van der Waals surface area contributed by atoms with Gasteiger partial charge in [-0.25, -0.2) is 4.68 Å². The summed E-state index contributed by atoms with van der Waals surface area (Å²) in [5.41, 5.74) is 6.23. The molecule has 3 aromatic rings. The van der Waals surface area contributed by atoms with Crippen molar-refractivity contribution in [1.82, 2.24) is 31.1 Å². The molecule has 0 bridgehead atoms. The predicted octanol–water partition coefficient (Wildman–Crippen LogP) is 0.830. The van der Waals surface area contributed by atoms with Crippen molar-refractivity contribution in [2.45, 2.75) is 13.3 Å². The first-order valence-electron chi connectivity index (χ1n) is 8.90. The molecular weight excluding hydrogens is 376 g/mol. The predicted molar refractivity (Wildman–Crippen MR) is 102 cm³/mol. The van der Waals surface area contributed by atoms with E-state index in [1.165, 1.54) is 11.0 Å². The van der Waals surface area contributed by atoms with Gasteiger partial charge in [-0.1, -0.05) is 24.3 Å². The van der Waals surface area contributed by atoms with Gasteiger partial charge in [0, 0.05) is 0 Å². The van der Waals surface area contributed by atoms with Gasteiger partial charge in [0.15, 0.2) is 18.1 Å². The second kappa shape index (κ2) is 9.83. The number of benzene rings is 2. The molecule has 0 unspecified atom stereocenters. The Balaban J connectivity index is 1.43. The minimum absolute atomic E-state index is 0.101. The van der Waals surface area contributed by atoms with E-state index in [4.69, 9.17) is 9.47 Å². The normalized spacial score (nSPS) is 10.2. The maximum Gasteiger partial charge on any atom is 0.276 e. The van der Waals surface area contributed by atoms with Crippen molar-refractivity contribution in [2.24, 2.45) is 0 Å². The zero-order valence-electron chi connectivity index (χ0n) is 15.7. The van der Waals surface area contributed by atoms with Crippen LogP contribution in [0, 0.1) is 0 Å². The van der Waals surface area contributed by atoms with Crippen LogP contribution in [0.1, 0.15) is 12.5 Å². The first-order valence-corrected chi connectivity index (χ1v) is 8.90. The number of rotatable bonds is 8. The van der Waals surface area contributed by atoms with Crippen LogP contribution in [0.25, 0.3) is 5.69 Å². The van der Waals surface area contributed by atoms with E-state index in [0.717, 1.165) is 11.3 Å². The summed E-state index contributed by atoms with van der Waals surface area (Å²) in [6.07, 6.45) is 1.58. The Morgan fingerprint density at radius 2 is 1.66 bits per heavy atom. The molecule has 2 amide bonds. The first kappa shape index (κ1) is 19.8. The Kier molecular flexibility index (Phi) is 6.71. The van der Waals surface area contributed by atoms with Crippen molar-refractivity contribution in [2.75, 3.05) is 13.2 Å². The minimum Gasteiger partial charge on any atom is -0.490 e. The van der Waals surface area contributed by atoms with Crippen LogP contribution in [0.2, 0.25) is 0 Å². The van der Waals surface area contributed by atoms with Gasteiger partial charge in [-0.2, -0.15) is 0 Å². The molecule has 150 valence electrons. The fourth-order valence-electron chi connectivity index (χ4n) is 2.44. The van der Waals surface area contributed by atoms with E-state index in [1.54, 1.807) is 42.5 Å². The van der Waals surface area contributed by atoms with E-state index in [9.17, 15) is 9.59 Å². The van der Waals surface area contributed by atoms with Crippen LogP contribution >= 0.6 is 0 Å². The molecule has 29 heavy (non-hydrogen) atoms. The number of hydrogen-bond donors (Lipinski definition) is 2. The minimum atomic E-state index is -0.487. The number of hydrazine groups is 1. The molecule has 0 saturated carbocycles. The number of ether oxygens (including phenoxy) is 2. The van der Waals surface area contributed by atoms with Crippen molar-refractivity contribution >= 4 is 11.8 Å². The average Bonchev–Trinajstić information content (AvgIpc) is 3.27. The van der Waals surface area contributed by atoms with Crippen LogP contribution in [0.5, 0.6) is 11.5 Å². The molecule has 1 aromatic heterocycles. The van der Waals surface area contributed by atoms with Crippen molar-refractivity contribution in [3.8, 4) is 17.2 Å². The average molecular weight is 396 g/mol. The molecule has 0 saturated heterocycles. The standard InChI is InChI=1S/C19H20N6O4/c1-2-28-16-5-3-4-6-17(16)29-12-19(27)22-21-18(26)11-14-7-9-15(10-8-14)25-13-20-23-24-25/h3-10,13H,2,11-12H2,1H3,(H,21,26)(H,22,27). The van der Waals surface area contributed by atoms with E-state index in [2.05, 4.69) is 26.4 Å². The molecule has 2 aromatic carbocycles. The lowest BCUT2D eigenvalue weighted by atomic mass is 10.1. The third-order valence-corrected chi connectivity index (χ3v) is 3.76. The van der Waals surface area contributed by atoms with E-state index >= 15 is 0 Å². The fourth-order valence-corrected chi connectivity index (χ4v) is 2.44. The van der Waals surface area contributed by atoms with Gasteiger partial charge in [0.05, 0.1) is 18.7 Å². The molecule has 0 aliphatic carbocycles. The first-order chi connectivity index (χ1) is 14.2. The Hall–Kier alpha value is -3.95. The topological polar surface area (TPSA) is 120 Å². The van der Waals surface area contributed by atoms with E-state index < -0.39 is 5.91 Å². The molecule has 0 atom stereocenters. The van der Waals surface area contributed by atoms with Crippen LogP contribution in [0.15, 0.2) is 54.9 Å². The van der Waals surface area contributed by atoms with Crippen molar-refractivity contribution in [3.05, 3.63) is 60.4 Å². The number of tetrazole rings is 1. The molecule has 2 N–H and O–H groups in total. The number of carbonyl (C=O) groups excluding carboxylic acids is 2. The number of nitrogens with zero attached hydrogens (tertiary/aromatic N) is 4. The van der Waals surface area contributed by atoms with Gasteiger partial charge < -0.3 is 9.47 Å². The SMILES string of the molecule is CCOc1ccccc1OCC(=O)NNC(=O)Cc1ccc(-n2cnnn2)cc1. The van der Waals surface area contributed by atoms with Gasteiger partial charge >= 0.3 is 0 Å². The largest absolute Gasteiger partial charge is 0.490 e. The molecular formula is C19H20N6O4. The number of amides is 2. The summed E-state index contributed by atoms with van der Waals surface area (Å²) in [6, 6.07) is 14.2. The number of carbonyl (C=O) groups is 2. The van der Waals surface area contributed by atoms with E-state index in [-0.39, 0.29) is 18.9 Å². The lowest BCUT2D eigenvalue weighted by molar-refractivity contribution is -0.129. The van der Waals surface area contributed by atoms with Gasteiger partial charge in [0.2, 0.25) is 5.91 Å². The molecule has 0 radical (unpaired) electrons. The van der Waals surface area contributed by atoms with E-state index in [1.807, 2.05) is 13.0 Å². The summed E-state index contributed by atoms with van der Waals surface area (Å²) in [7, 11) is 0. The van der Waals surface area contributed by atoms with Crippen LogP contribution in [-0.4, -0.2) is 45.2 Å². The van der Waals surface area contributed by atoms with Crippen molar-refractivity contribution in [3.63, 3.8) is 0 Å². The highest BCUT2D eigenvalue weighted by molar-refractivity contribution is 5.83. The molecule has 0 fully saturated rings. The maximum atomic E-state index is 12.0. The molecule has 0 aliphatic rings. The summed E-state index contributed by atoms with van der Waals surface area (Å²) in [4.78, 5) is 23.9. The molecule has 1 heterocycles. The number of hydrogen-bond acceptors (Lipinski definition) is 7. The smallest absolute Gasteiger partial charge is 0.276 e. The number of nitrogens with one attached hydrogen (secondary N) is 2. The number of para-hydroxylation sites is 2. The van der Waals surface area contributed by atoms with Gasteiger partial charge in [-0.3, -0.25) is 20.4 Å². The van der Waals surface area contributed by atoms with Gasteiger partial charge in [0.1, 0.15) is 6.33 Å². The molecule has 3 rings (SSSR count). The number of aromatic nitrogens is 4. The van der Waals surface area contributed by atoms with Crippen molar-refractivity contribution in [1.29, 1.82) is 0 Å². The Morgan fingerprint density at radius 1 is 0.966 bits per heavy atom. The second-order valence-electron chi connectivity index (χ2n) is 5.86. The highest BCUT2D eigenvalue weighted by Gasteiger charge is 2.09. The summed E-state index contributed by atoms with van der Waals surface area (Å²) in [5.74, 6) is 0.164. The Morgan fingerprint density at radius 3 is 2.31 bits per heavy atom. The third kappa shape index (κ3) is 5.76. The zero-order chi connectivity index (χ0) is 20.5. The zero-order valence-corrected chi connectivity index (χ0v) is 15.7. The summed E-state index contributed by atoms with van der Waals surface area (Å²) < 4.78 is 12.4. The van der Waals surface area contributed by atoms with Crippen LogP contribution < -0.4 is 20.3 Å². The third-order valence-electron chi connectivity index (χ3n) is 3.76. The monoisotopic (exact) mass is 396 g/mol. The highest BCUT2D eigenvalue weighted by Crippen LogP contribution is 2.26. The Labute approximate surface area is 166 Å². The Bertz CT molecular complexity index is 944. The lowest BCUT2D eigenvalue weighted by Crippen LogP contribution is -2.44. The highest BCUT2D eigenvalue weighted by atomic mass is 16.5. The summed E-state index contributed by atoms with van der Waals surface area (Å²) in [5, 5.41) is 10.9. The molecule has 0 aliphatic heterocycles. The quantitative estimate of drug-likeness (QED) is 0.541. The van der Waals surface area contributed by atoms with Crippen LogP contribution in [0.3, 0.4) is 0 Å². The summed E-state index contributed by atoms with van der Waals surface area (Å²) >= 11 is 0.